The maximum absolute atomic E-state index is 3.93. The van der Waals surface area contributed by atoms with Gasteiger partial charge >= 0.3 is 0 Å². The molecule has 1 heteroatoms. The molecule has 14 heavy (non-hydrogen) atoms. The van der Waals surface area contributed by atoms with E-state index >= 15 is 0 Å². The molecule has 1 aliphatic heterocycles. The van der Waals surface area contributed by atoms with Gasteiger partial charge in [-0.05, 0) is 36.6 Å². The lowest BCUT2D eigenvalue weighted by Gasteiger charge is -2.03. The minimum atomic E-state index is 1.08. The monoisotopic (exact) mass is 189 g/mol. The molecule has 1 heterocycles. The molecule has 0 saturated heterocycles. The SMILES string of the molecule is C=C(C)c1ccc2c(c1)CCN2.CC. The molecular formula is C13H19N. The Morgan fingerprint density at radius 2 is 2.07 bits per heavy atom. The normalized spacial score (nSPS) is 12.2. The molecule has 1 nitrogen and oxygen atoms in total. The fourth-order valence-corrected chi connectivity index (χ4v) is 1.57. The van der Waals surface area contributed by atoms with Crippen molar-refractivity contribution in [2.45, 2.75) is 27.2 Å². The number of fused-ring (bicyclic) bond motifs is 1. The second-order valence-electron chi connectivity index (χ2n) is 3.33. The molecule has 0 aliphatic carbocycles. The van der Waals surface area contributed by atoms with Crippen molar-refractivity contribution in [1.82, 2.24) is 0 Å². The van der Waals surface area contributed by atoms with E-state index in [1.54, 1.807) is 0 Å². The molecule has 0 atom stereocenters. The van der Waals surface area contributed by atoms with E-state index in [0.29, 0.717) is 0 Å². The first-order valence-corrected chi connectivity index (χ1v) is 5.30. The van der Waals surface area contributed by atoms with Crippen LogP contribution in [0.2, 0.25) is 0 Å². The second kappa shape index (κ2) is 4.85. The third-order valence-corrected chi connectivity index (χ3v) is 2.31. The zero-order valence-corrected chi connectivity index (χ0v) is 9.35. The molecule has 0 spiro atoms. The molecule has 1 aromatic carbocycles. The van der Waals surface area contributed by atoms with Gasteiger partial charge in [-0.2, -0.15) is 0 Å². The Morgan fingerprint density at radius 1 is 1.36 bits per heavy atom. The highest BCUT2D eigenvalue weighted by molar-refractivity contribution is 5.67. The summed E-state index contributed by atoms with van der Waals surface area (Å²) in [4.78, 5) is 0. The van der Waals surface area contributed by atoms with Gasteiger partial charge in [0.2, 0.25) is 0 Å². The third-order valence-electron chi connectivity index (χ3n) is 2.31. The van der Waals surface area contributed by atoms with Crippen molar-refractivity contribution in [3.05, 3.63) is 35.9 Å². The van der Waals surface area contributed by atoms with Crippen molar-refractivity contribution < 1.29 is 0 Å². The van der Waals surface area contributed by atoms with E-state index in [-0.39, 0.29) is 0 Å². The van der Waals surface area contributed by atoms with Crippen LogP contribution in [0.1, 0.15) is 31.9 Å². The molecule has 0 fully saturated rings. The van der Waals surface area contributed by atoms with Gasteiger partial charge in [0.15, 0.2) is 0 Å². The Balaban J connectivity index is 0.000000461. The molecule has 0 bridgehead atoms. The fourth-order valence-electron chi connectivity index (χ4n) is 1.57. The van der Waals surface area contributed by atoms with Crippen LogP contribution in [0, 0.1) is 0 Å². The number of anilines is 1. The maximum atomic E-state index is 3.93. The zero-order chi connectivity index (χ0) is 10.6. The Hall–Kier alpha value is -1.24. The molecule has 1 aliphatic rings. The Morgan fingerprint density at radius 3 is 2.71 bits per heavy atom. The number of rotatable bonds is 1. The first-order valence-electron chi connectivity index (χ1n) is 5.30. The van der Waals surface area contributed by atoms with Gasteiger partial charge in [0.1, 0.15) is 0 Å². The molecule has 0 amide bonds. The van der Waals surface area contributed by atoms with Gasteiger partial charge in [-0.25, -0.2) is 0 Å². The minimum absolute atomic E-state index is 1.08. The fraction of sp³-hybridized carbons (Fsp3) is 0.385. The van der Waals surface area contributed by atoms with Crippen LogP contribution in [0.5, 0.6) is 0 Å². The average molecular weight is 189 g/mol. The Kier molecular flexibility index (Phi) is 3.75. The van der Waals surface area contributed by atoms with E-state index in [1.165, 1.54) is 16.8 Å². The van der Waals surface area contributed by atoms with E-state index in [4.69, 9.17) is 0 Å². The van der Waals surface area contributed by atoms with Gasteiger partial charge < -0.3 is 5.32 Å². The molecule has 76 valence electrons. The summed E-state index contributed by atoms with van der Waals surface area (Å²) >= 11 is 0. The van der Waals surface area contributed by atoms with Crippen LogP contribution in [0.25, 0.3) is 5.57 Å². The second-order valence-corrected chi connectivity index (χ2v) is 3.33. The van der Waals surface area contributed by atoms with Crippen molar-refractivity contribution in [2.24, 2.45) is 0 Å². The Bertz CT molecular complexity index is 326. The standard InChI is InChI=1S/C11H13N.C2H6/c1-8(2)9-3-4-11-10(7-9)5-6-12-11;1-2/h3-4,7,12H,1,5-6H2,2H3;1-2H3. The van der Waals surface area contributed by atoms with Crippen molar-refractivity contribution in [3.63, 3.8) is 0 Å². The Labute approximate surface area is 86.8 Å². The van der Waals surface area contributed by atoms with Gasteiger partial charge in [-0.1, -0.05) is 32.1 Å². The molecule has 2 rings (SSSR count). The number of hydrogen-bond donors (Lipinski definition) is 1. The zero-order valence-electron chi connectivity index (χ0n) is 9.35. The van der Waals surface area contributed by atoms with Crippen molar-refractivity contribution in [1.29, 1.82) is 0 Å². The first-order chi connectivity index (χ1) is 6.77. The number of allylic oxidation sites excluding steroid dienone is 1. The van der Waals surface area contributed by atoms with Crippen LogP contribution in [0.15, 0.2) is 24.8 Å². The van der Waals surface area contributed by atoms with Crippen LogP contribution < -0.4 is 5.32 Å². The van der Waals surface area contributed by atoms with E-state index in [2.05, 4.69) is 30.1 Å². The predicted octanol–water partition coefficient (Wildman–Crippen LogP) is 3.71. The highest BCUT2D eigenvalue weighted by atomic mass is 14.9. The van der Waals surface area contributed by atoms with Crippen molar-refractivity contribution in [3.8, 4) is 0 Å². The summed E-state index contributed by atoms with van der Waals surface area (Å²) in [5.74, 6) is 0. The van der Waals surface area contributed by atoms with E-state index in [1.807, 2.05) is 20.8 Å². The number of benzene rings is 1. The molecule has 1 N–H and O–H groups in total. The maximum Gasteiger partial charge on any atom is 0.0373 e. The van der Waals surface area contributed by atoms with Crippen LogP contribution >= 0.6 is 0 Å². The van der Waals surface area contributed by atoms with Crippen molar-refractivity contribution in [2.75, 3.05) is 11.9 Å². The molecule has 0 saturated carbocycles. The summed E-state index contributed by atoms with van der Waals surface area (Å²) in [5.41, 5.74) is 5.12. The van der Waals surface area contributed by atoms with E-state index < -0.39 is 0 Å². The predicted molar refractivity (Wildman–Crippen MR) is 64.7 cm³/mol. The summed E-state index contributed by atoms with van der Waals surface area (Å²) < 4.78 is 0. The molecule has 0 radical (unpaired) electrons. The summed E-state index contributed by atoms with van der Waals surface area (Å²) in [5, 5.41) is 3.34. The van der Waals surface area contributed by atoms with Crippen LogP contribution in [-0.4, -0.2) is 6.54 Å². The van der Waals surface area contributed by atoms with E-state index in [0.717, 1.165) is 18.5 Å². The topological polar surface area (TPSA) is 12.0 Å². The molecule has 0 unspecified atom stereocenters. The summed E-state index contributed by atoms with van der Waals surface area (Å²) in [6, 6.07) is 6.50. The lowest BCUT2D eigenvalue weighted by molar-refractivity contribution is 1.10. The quantitative estimate of drug-likeness (QED) is 0.710. The number of hydrogen-bond acceptors (Lipinski definition) is 1. The van der Waals surface area contributed by atoms with Crippen LogP contribution in [-0.2, 0) is 6.42 Å². The molecule has 1 aromatic rings. The smallest absolute Gasteiger partial charge is 0.0373 e. The highest BCUT2D eigenvalue weighted by Gasteiger charge is 2.09. The van der Waals surface area contributed by atoms with Crippen LogP contribution in [0.4, 0.5) is 5.69 Å². The van der Waals surface area contributed by atoms with Gasteiger partial charge in [-0.3, -0.25) is 0 Å². The summed E-state index contributed by atoms with van der Waals surface area (Å²) in [6.07, 6.45) is 1.15. The van der Waals surface area contributed by atoms with Gasteiger partial charge in [0.25, 0.3) is 0 Å². The van der Waals surface area contributed by atoms with E-state index in [9.17, 15) is 0 Å². The minimum Gasteiger partial charge on any atom is -0.384 e. The molecular weight excluding hydrogens is 170 g/mol. The lowest BCUT2D eigenvalue weighted by Crippen LogP contribution is -1.90. The average Bonchev–Trinajstić information content (AvgIpc) is 2.67. The number of nitrogens with one attached hydrogen (secondary N) is 1. The van der Waals surface area contributed by atoms with Crippen molar-refractivity contribution >= 4 is 11.3 Å². The third kappa shape index (κ3) is 2.16. The molecule has 0 aromatic heterocycles. The highest BCUT2D eigenvalue weighted by Crippen LogP contribution is 2.25. The van der Waals surface area contributed by atoms with Gasteiger partial charge in [0, 0.05) is 12.2 Å². The lowest BCUT2D eigenvalue weighted by atomic mass is 10.0. The van der Waals surface area contributed by atoms with Gasteiger partial charge in [0.05, 0.1) is 0 Å². The first kappa shape index (κ1) is 10.8. The summed E-state index contributed by atoms with van der Waals surface area (Å²) in [6.45, 7) is 11.1. The summed E-state index contributed by atoms with van der Waals surface area (Å²) in [7, 11) is 0. The van der Waals surface area contributed by atoms with Gasteiger partial charge in [-0.15, -0.1) is 0 Å². The largest absolute Gasteiger partial charge is 0.384 e. The van der Waals surface area contributed by atoms with Crippen LogP contribution in [0.3, 0.4) is 0 Å².